The smallest absolute Gasteiger partial charge is 0.169 e. The van der Waals surface area contributed by atoms with Crippen molar-refractivity contribution in [1.82, 2.24) is 5.32 Å². The summed E-state index contributed by atoms with van der Waals surface area (Å²) in [5.41, 5.74) is 0.760. The average molecular weight is 334 g/mol. The van der Waals surface area contributed by atoms with Gasteiger partial charge < -0.3 is 10.1 Å². The standard InChI is InChI=1S/C14H18BrF2NO/c1-9(7-18-14(2,3)4)8-19-13-11(15)5-10(16)6-12(13)17/h5-6,18H,1,7-8H2,2-4H3. The van der Waals surface area contributed by atoms with Gasteiger partial charge in [-0.05, 0) is 48.3 Å². The van der Waals surface area contributed by atoms with Crippen LogP contribution >= 0.6 is 15.9 Å². The van der Waals surface area contributed by atoms with Gasteiger partial charge in [0.15, 0.2) is 11.6 Å². The molecule has 19 heavy (non-hydrogen) atoms. The third kappa shape index (κ3) is 5.70. The minimum Gasteiger partial charge on any atom is -0.485 e. The fourth-order valence-corrected chi connectivity index (χ4v) is 1.80. The quantitative estimate of drug-likeness (QED) is 0.821. The van der Waals surface area contributed by atoms with E-state index in [1.54, 1.807) is 0 Å². The lowest BCUT2D eigenvalue weighted by atomic mass is 10.1. The molecule has 0 fully saturated rings. The number of hydrogen-bond donors (Lipinski definition) is 1. The molecule has 2 nitrogen and oxygen atoms in total. The summed E-state index contributed by atoms with van der Waals surface area (Å²) < 4.78 is 32.0. The molecule has 0 amide bonds. The first-order chi connectivity index (χ1) is 8.69. The Morgan fingerprint density at radius 1 is 1.37 bits per heavy atom. The third-order valence-corrected chi connectivity index (χ3v) is 2.84. The summed E-state index contributed by atoms with van der Waals surface area (Å²) in [5.74, 6) is -1.38. The average Bonchev–Trinajstić information content (AvgIpc) is 2.23. The van der Waals surface area contributed by atoms with Crippen LogP contribution in [0.3, 0.4) is 0 Å². The van der Waals surface area contributed by atoms with Crippen molar-refractivity contribution in [2.75, 3.05) is 13.2 Å². The van der Waals surface area contributed by atoms with E-state index in [0.717, 1.165) is 17.7 Å². The molecule has 0 spiro atoms. The third-order valence-electron chi connectivity index (χ3n) is 2.25. The van der Waals surface area contributed by atoms with Crippen LogP contribution in [-0.4, -0.2) is 18.7 Å². The Morgan fingerprint density at radius 2 is 2.00 bits per heavy atom. The molecular formula is C14H18BrF2NO. The molecule has 0 atom stereocenters. The van der Waals surface area contributed by atoms with Crippen LogP contribution < -0.4 is 10.1 Å². The lowest BCUT2D eigenvalue weighted by Gasteiger charge is -2.21. The van der Waals surface area contributed by atoms with Crippen molar-refractivity contribution in [3.05, 3.63) is 40.4 Å². The number of benzene rings is 1. The highest BCUT2D eigenvalue weighted by Gasteiger charge is 2.12. The van der Waals surface area contributed by atoms with Crippen molar-refractivity contribution in [3.8, 4) is 5.75 Å². The van der Waals surface area contributed by atoms with Crippen LogP contribution in [0.25, 0.3) is 0 Å². The van der Waals surface area contributed by atoms with Gasteiger partial charge in [0.2, 0.25) is 0 Å². The maximum atomic E-state index is 13.5. The Kier molecular flexibility index (Phi) is 5.50. The fourth-order valence-electron chi connectivity index (χ4n) is 1.28. The second-order valence-electron chi connectivity index (χ2n) is 5.34. The van der Waals surface area contributed by atoms with Gasteiger partial charge in [-0.2, -0.15) is 0 Å². The van der Waals surface area contributed by atoms with Crippen LogP contribution in [0, 0.1) is 11.6 Å². The molecule has 0 radical (unpaired) electrons. The molecular weight excluding hydrogens is 316 g/mol. The van der Waals surface area contributed by atoms with Crippen LogP contribution in [0.5, 0.6) is 5.75 Å². The van der Waals surface area contributed by atoms with Crippen LogP contribution in [-0.2, 0) is 0 Å². The number of hydrogen-bond acceptors (Lipinski definition) is 2. The monoisotopic (exact) mass is 333 g/mol. The first kappa shape index (κ1) is 16.1. The molecule has 0 saturated carbocycles. The van der Waals surface area contributed by atoms with Crippen molar-refractivity contribution in [2.45, 2.75) is 26.3 Å². The summed E-state index contributed by atoms with van der Waals surface area (Å²) in [4.78, 5) is 0. The van der Waals surface area contributed by atoms with E-state index in [1.807, 2.05) is 20.8 Å². The molecule has 1 aromatic rings. The molecule has 1 aromatic carbocycles. The maximum absolute atomic E-state index is 13.5. The van der Waals surface area contributed by atoms with Gasteiger partial charge in [0, 0.05) is 18.2 Å². The second-order valence-corrected chi connectivity index (χ2v) is 6.20. The zero-order valence-corrected chi connectivity index (χ0v) is 12.9. The number of halogens is 3. The van der Waals surface area contributed by atoms with Crippen molar-refractivity contribution < 1.29 is 13.5 Å². The first-order valence-electron chi connectivity index (χ1n) is 5.88. The summed E-state index contributed by atoms with van der Waals surface area (Å²) >= 11 is 3.07. The Hall–Kier alpha value is -0.940. The molecule has 1 rings (SSSR count). The highest BCUT2D eigenvalue weighted by Crippen LogP contribution is 2.29. The zero-order valence-electron chi connectivity index (χ0n) is 11.3. The van der Waals surface area contributed by atoms with E-state index in [9.17, 15) is 8.78 Å². The van der Waals surface area contributed by atoms with Crippen LogP contribution in [0.4, 0.5) is 8.78 Å². The second kappa shape index (κ2) is 6.48. The van der Waals surface area contributed by atoms with E-state index < -0.39 is 11.6 Å². The Balaban J connectivity index is 2.56. The van der Waals surface area contributed by atoms with E-state index in [2.05, 4.69) is 27.8 Å². The molecule has 5 heteroatoms. The summed E-state index contributed by atoms with van der Waals surface area (Å²) in [6, 6.07) is 1.95. The van der Waals surface area contributed by atoms with Crippen molar-refractivity contribution in [1.29, 1.82) is 0 Å². The van der Waals surface area contributed by atoms with Gasteiger partial charge in [0.1, 0.15) is 12.4 Å². The lowest BCUT2D eigenvalue weighted by Crippen LogP contribution is -2.37. The molecule has 0 saturated heterocycles. The lowest BCUT2D eigenvalue weighted by molar-refractivity contribution is 0.321. The van der Waals surface area contributed by atoms with Gasteiger partial charge >= 0.3 is 0 Å². The summed E-state index contributed by atoms with van der Waals surface area (Å²) in [7, 11) is 0. The SMILES string of the molecule is C=C(CNC(C)(C)C)COc1c(F)cc(F)cc1Br. The molecule has 106 valence electrons. The highest BCUT2D eigenvalue weighted by atomic mass is 79.9. The molecule has 0 bridgehead atoms. The van der Waals surface area contributed by atoms with Crippen LogP contribution in [0.2, 0.25) is 0 Å². The normalized spacial score (nSPS) is 11.5. The fraction of sp³-hybridized carbons (Fsp3) is 0.429. The molecule has 1 N–H and O–H groups in total. The van der Waals surface area contributed by atoms with Gasteiger partial charge in [-0.3, -0.25) is 0 Å². The number of ether oxygens (including phenoxy) is 1. The summed E-state index contributed by atoms with van der Waals surface area (Å²) in [6.45, 7) is 10.7. The predicted octanol–water partition coefficient (Wildman–Crippen LogP) is 4.05. The van der Waals surface area contributed by atoms with Gasteiger partial charge in [0.25, 0.3) is 0 Å². The van der Waals surface area contributed by atoms with Gasteiger partial charge in [-0.25, -0.2) is 8.78 Å². The molecule has 0 aromatic heterocycles. The molecule has 0 aliphatic heterocycles. The van der Waals surface area contributed by atoms with E-state index >= 15 is 0 Å². The minimum absolute atomic E-state index is 0.00157. The van der Waals surface area contributed by atoms with E-state index in [1.165, 1.54) is 0 Å². The van der Waals surface area contributed by atoms with Crippen molar-refractivity contribution in [2.24, 2.45) is 0 Å². The van der Waals surface area contributed by atoms with Gasteiger partial charge in [0.05, 0.1) is 4.47 Å². The number of rotatable bonds is 5. The molecule has 0 heterocycles. The molecule has 0 aliphatic rings. The largest absolute Gasteiger partial charge is 0.485 e. The van der Waals surface area contributed by atoms with Crippen molar-refractivity contribution >= 4 is 15.9 Å². The Bertz CT molecular complexity index is 446. The van der Waals surface area contributed by atoms with Crippen molar-refractivity contribution in [3.63, 3.8) is 0 Å². The van der Waals surface area contributed by atoms with Crippen LogP contribution in [0.1, 0.15) is 20.8 Å². The predicted molar refractivity (Wildman–Crippen MR) is 76.4 cm³/mol. The van der Waals surface area contributed by atoms with E-state index in [0.29, 0.717) is 6.54 Å². The van der Waals surface area contributed by atoms with Crippen LogP contribution in [0.15, 0.2) is 28.8 Å². The summed E-state index contributed by atoms with van der Waals surface area (Å²) in [5, 5.41) is 3.25. The zero-order chi connectivity index (χ0) is 14.6. The Labute approximate surface area is 121 Å². The first-order valence-corrected chi connectivity index (χ1v) is 6.67. The minimum atomic E-state index is -0.733. The van der Waals surface area contributed by atoms with E-state index in [4.69, 9.17) is 4.74 Å². The highest BCUT2D eigenvalue weighted by molar-refractivity contribution is 9.10. The topological polar surface area (TPSA) is 21.3 Å². The van der Waals surface area contributed by atoms with E-state index in [-0.39, 0.29) is 22.4 Å². The maximum Gasteiger partial charge on any atom is 0.169 e. The Morgan fingerprint density at radius 3 is 2.53 bits per heavy atom. The molecule has 0 unspecified atom stereocenters. The molecule has 0 aliphatic carbocycles. The van der Waals surface area contributed by atoms with Gasteiger partial charge in [-0.15, -0.1) is 0 Å². The van der Waals surface area contributed by atoms with Gasteiger partial charge in [-0.1, -0.05) is 6.58 Å². The summed E-state index contributed by atoms with van der Waals surface area (Å²) in [6.07, 6.45) is 0. The number of nitrogens with one attached hydrogen (secondary N) is 1.